The van der Waals surface area contributed by atoms with Gasteiger partial charge in [0, 0.05) is 1.43 Å². The van der Waals surface area contributed by atoms with Crippen LogP contribution in [0.25, 0.3) is 0 Å². The Labute approximate surface area is 64.6 Å². The first-order chi connectivity index (χ1) is 0. The van der Waals surface area contributed by atoms with E-state index in [1.807, 2.05) is 0 Å². The molecule has 27 valence electrons. The predicted octanol–water partition coefficient (Wildman–Crippen LogP) is -8.74. The van der Waals surface area contributed by atoms with Gasteiger partial charge in [-0.25, -0.2) is 0 Å². The van der Waals surface area contributed by atoms with Crippen LogP contribution in [0.5, 0.6) is 0 Å². The second kappa shape index (κ2) is 21.8. The molecule has 0 fully saturated rings. The first-order valence-corrected chi connectivity index (χ1v) is 0. The molecule has 0 saturated heterocycles. The van der Waals surface area contributed by atoms with Gasteiger partial charge in [0.05, 0.1) is 0 Å². The van der Waals surface area contributed by atoms with Crippen LogP contribution in [0.2, 0.25) is 0 Å². The van der Waals surface area contributed by atoms with Gasteiger partial charge in [-0.3, -0.25) is 0 Å². The van der Waals surface area contributed by atoms with Gasteiger partial charge in [0.2, 0.25) is 0 Å². The van der Waals surface area contributed by atoms with E-state index in [0.717, 1.165) is 0 Å². The molecular formula is H2Cl3Zr. The minimum atomic E-state index is 0. The molecule has 0 spiro atoms. The number of rotatable bonds is 0. The van der Waals surface area contributed by atoms with Gasteiger partial charge in [-0.1, -0.05) is 0 Å². The van der Waals surface area contributed by atoms with Crippen LogP contribution in [0, 0.1) is 0 Å². The Morgan fingerprint density at radius 1 is 0.750 bits per heavy atom. The molecule has 0 aromatic rings. The van der Waals surface area contributed by atoms with Crippen molar-refractivity contribution >= 4 is 0 Å². The summed E-state index contributed by atoms with van der Waals surface area (Å²) in [6.45, 7) is 0. The molecule has 4 heavy (non-hydrogen) atoms. The summed E-state index contributed by atoms with van der Waals surface area (Å²) in [6.07, 6.45) is 0. The van der Waals surface area contributed by atoms with Crippen LogP contribution in [0.1, 0.15) is 1.43 Å². The third kappa shape index (κ3) is 9.26. The summed E-state index contributed by atoms with van der Waals surface area (Å²) in [5.41, 5.74) is 0. The third-order valence-electron chi connectivity index (χ3n) is 0. The van der Waals surface area contributed by atoms with E-state index in [-0.39, 0.29) is 64.9 Å². The zero-order valence-corrected chi connectivity index (χ0v) is 6.36. The van der Waals surface area contributed by atoms with Gasteiger partial charge < -0.3 is 37.2 Å². The number of hydrogen-bond donors (Lipinski definition) is 0. The molecule has 0 amide bonds. The molecule has 0 N–H and O–H groups in total. The van der Waals surface area contributed by atoms with Crippen molar-refractivity contribution in [1.82, 2.24) is 0 Å². The summed E-state index contributed by atoms with van der Waals surface area (Å²) in [7, 11) is 0. The summed E-state index contributed by atoms with van der Waals surface area (Å²) in [4.78, 5) is 0. The van der Waals surface area contributed by atoms with Crippen LogP contribution in [-0.2, 0) is 26.2 Å². The first-order valence-electron chi connectivity index (χ1n) is 0. The Morgan fingerprint density at radius 2 is 0.750 bits per heavy atom. The van der Waals surface area contributed by atoms with Crippen LogP contribution in [0.3, 0.4) is 0 Å². The predicted molar refractivity (Wildman–Crippen MR) is 2.11 cm³/mol. The molecule has 0 aliphatic rings. The molecule has 0 nitrogen and oxygen atoms in total. The van der Waals surface area contributed by atoms with E-state index in [2.05, 4.69) is 0 Å². The minimum Gasteiger partial charge on any atom is -1.00 e. The van der Waals surface area contributed by atoms with Gasteiger partial charge >= 0.3 is 26.2 Å². The van der Waals surface area contributed by atoms with Crippen molar-refractivity contribution < 1.29 is 64.9 Å². The third-order valence-corrected chi connectivity index (χ3v) is 0. The maximum atomic E-state index is 0. The second-order valence-electron chi connectivity index (χ2n) is 0. The molecular weight excluding hydrogens is 198 g/mol. The second-order valence-corrected chi connectivity index (χ2v) is 0. The largest absolute Gasteiger partial charge is 3.00 e. The van der Waals surface area contributed by atoms with Crippen molar-refractivity contribution in [3.05, 3.63) is 0 Å². The summed E-state index contributed by atoms with van der Waals surface area (Å²) in [6, 6.07) is 0. The maximum Gasteiger partial charge on any atom is 3.00 e. The Kier molecular flexibility index (Phi) is 230. The molecule has 0 atom stereocenters. The monoisotopic (exact) mass is 197 g/mol. The molecule has 4 heteroatoms. The molecule has 0 saturated carbocycles. The molecule has 0 aliphatic heterocycles. The van der Waals surface area contributed by atoms with E-state index in [1.54, 1.807) is 0 Å². The van der Waals surface area contributed by atoms with E-state index in [1.165, 1.54) is 0 Å². The summed E-state index contributed by atoms with van der Waals surface area (Å²) in [5, 5.41) is 0. The van der Waals surface area contributed by atoms with E-state index >= 15 is 0 Å². The van der Waals surface area contributed by atoms with Gasteiger partial charge in [-0.2, -0.15) is 0 Å². The quantitative estimate of drug-likeness (QED) is 0.364. The standard InChI is InChI=1S/3ClH.Zr.H2/h3*1H;;1H/q;;;+3;/p-3. The minimum absolute atomic E-state index is 0. The van der Waals surface area contributed by atoms with E-state index in [9.17, 15) is 0 Å². The maximum absolute atomic E-state index is 0. The van der Waals surface area contributed by atoms with Crippen LogP contribution in [0.4, 0.5) is 0 Å². The van der Waals surface area contributed by atoms with Crippen molar-refractivity contribution in [1.29, 1.82) is 0 Å². The molecule has 1 radical (unpaired) electrons. The Morgan fingerprint density at radius 3 is 0.750 bits per heavy atom. The Balaban J connectivity index is 0. The van der Waals surface area contributed by atoms with Gasteiger partial charge in [0.25, 0.3) is 0 Å². The average molecular weight is 200 g/mol. The summed E-state index contributed by atoms with van der Waals surface area (Å²) >= 11 is 0. The van der Waals surface area contributed by atoms with Crippen molar-refractivity contribution in [2.75, 3.05) is 0 Å². The van der Waals surface area contributed by atoms with Crippen LogP contribution < -0.4 is 37.2 Å². The fourth-order valence-electron chi connectivity index (χ4n) is 0. The van der Waals surface area contributed by atoms with Gasteiger partial charge in [-0.05, 0) is 0 Å². The fourth-order valence-corrected chi connectivity index (χ4v) is 0. The fraction of sp³-hybridized carbons (Fsp3) is 0. The normalized spacial score (nSPS) is 0. The van der Waals surface area contributed by atoms with Crippen molar-refractivity contribution in [2.45, 2.75) is 0 Å². The van der Waals surface area contributed by atoms with Gasteiger partial charge in [-0.15, -0.1) is 0 Å². The Hall–Kier alpha value is 1.75. The van der Waals surface area contributed by atoms with E-state index in [4.69, 9.17) is 0 Å². The van der Waals surface area contributed by atoms with Crippen molar-refractivity contribution in [2.24, 2.45) is 0 Å². The number of halogens is 3. The summed E-state index contributed by atoms with van der Waals surface area (Å²) < 4.78 is 0. The van der Waals surface area contributed by atoms with Gasteiger partial charge in [0.15, 0.2) is 0 Å². The molecule has 0 bridgehead atoms. The molecule has 0 aromatic heterocycles. The summed E-state index contributed by atoms with van der Waals surface area (Å²) in [5.74, 6) is 0. The zero-order chi connectivity index (χ0) is 0. The van der Waals surface area contributed by atoms with Crippen LogP contribution in [0.15, 0.2) is 0 Å². The van der Waals surface area contributed by atoms with Crippen molar-refractivity contribution in [3.8, 4) is 0 Å². The average Bonchev–Trinajstić information content (AvgIpc) is 0. The molecule has 0 heterocycles. The number of hydrogen-bond acceptors (Lipinski definition) is 0. The van der Waals surface area contributed by atoms with Gasteiger partial charge in [0.1, 0.15) is 0 Å². The molecule has 0 aliphatic carbocycles. The van der Waals surface area contributed by atoms with Crippen LogP contribution in [-0.4, -0.2) is 0 Å². The SMILES string of the molecule is [Cl-].[Cl-].[Cl-].[HH].[Zr+3]. The van der Waals surface area contributed by atoms with E-state index < -0.39 is 0 Å². The van der Waals surface area contributed by atoms with E-state index in [0.29, 0.717) is 0 Å². The molecule has 0 unspecified atom stereocenters. The topological polar surface area (TPSA) is 0 Å². The van der Waals surface area contributed by atoms with Crippen LogP contribution >= 0.6 is 0 Å². The molecule has 0 rings (SSSR count). The zero-order valence-electron chi connectivity index (χ0n) is 1.63. The smallest absolute Gasteiger partial charge is 1.00 e. The molecule has 0 aromatic carbocycles. The van der Waals surface area contributed by atoms with Crippen molar-refractivity contribution in [3.63, 3.8) is 0 Å². The Bertz CT molecular complexity index is 6.85. The first kappa shape index (κ1) is 42.3.